The van der Waals surface area contributed by atoms with Crippen molar-refractivity contribution in [3.8, 4) is 0 Å². The molecule has 0 unspecified atom stereocenters. The van der Waals surface area contributed by atoms with Crippen LogP contribution in [0.25, 0.3) is 0 Å². The lowest BCUT2D eigenvalue weighted by molar-refractivity contribution is 0.102. The van der Waals surface area contributed by atoms with Crippen molar-refractivity contribution in [3.63, 3.8) is 0 Å². The van der Waals surface area contributed by atoms with Crippen LogP contribution in [0.15, 0.2) is 41.1 Å². The molecule has 5 heteroatoms. The first-order chi connectivity index (χ1) is 8.58. The topological polar surface area (TPSA) is 42.0 Å². The zero-order valence-electron chi connectivity index (χ0n) is 9.58. The molecule has 3 nitrogen and oxygen atoms in total. The van der Waals surface area contributed by atoms with E-state index in [0.717, 1.165) is 5.56 Å². The van der Waals surface area contributed by atoms with Crippen molar-refractivity contribution < 1.29 is 4.79 Å². The summed E-state index contributed by atoms with van der Waals surface area (Å²) in [5.74, 6) is -0.249. The first-order valence-corrected chi connectivity index (χ1v) is 6.43. The Labute approximate surface area is 118 Å². The van der Waals surface area contributed by atoms with Crippen molar-refractivity contribution in [3.05, 3.63) is 57.3 Å². The number of rotatable bonds is 2. The van der Waals surface area contributed by atoms with Gasteiger partial charge >= 0.3 is 0 Å². The van der Waals surface area contributed by atoms with Gasteiger partial charge < -0.3 is 5.32 Å². The molecule has 0 aliphatic carbocycles. The third kappa shape index (κ3) is 2.89. The third-order valence-corrected chi connectivity index (χ3v) is 3.32. The van der Waals surface area contributed by atoms with Gasteiger partial charge in [0.2, 0.25) is 0 Å². The minimum absolute atomic E-state index is 0.249. The molecule has 0 saturated carbocycles. The van der Waals surface area contributed by atoms with Crippen molar-refractivity contribution in [1.29, 1.82) is 0 Å². The van der Waals surface area contributed by atoms with E-state index in [0.29, 0.717) is 20.9 Å². The standard InChI is InChI=1S/C13H10BrClN2O/c1-8-4-5-11(10(15)7-8)17-13(18)9-3-2-6-16-12(9)14/h2-7H,1H3,(H,17,18). The molecule has 1 amide bonds. The fraction of sp³-hybridized carbons (Fsp3) is 0.0769. The molecular formula is C13H10BrClN2O. The highest BCUT2D eigenvalue weighted by molar-refractivity contribution is 9.10. The molecule has 1 aromatic heterocycles. The zero-order chi connectivity index (χ0) is 13.1. The number of anilines is 1. The van der Waals surface area contributed by atoms with E-state index in [2.05, 4.69) is 26.2 Å². The maximum absolute atomic E-state index is 12.0. The number of aromatic nitrogens is 1. The minimum Gasteiger partial charge on any atom is -0.321 e. The highest BCUT2D eigenvalue weighted by Crippen LogP contribution is 2.24. The van der Waals surface area contributed by atoms with E-state index in [1.807, 2.05) is 13.0 Å². The van der Waals surface area contributed by atoms with Crippen LogP contribution in [0.2, 0.25) is 5.02 Å². The summed E-state index contributed by atoms with van der Waals surface area (Å²) < 4.78 is 0.505. The van der Waals surface area contributed by atoms with Gasteiger partial charge in [-0.2, -0.15) is 0 Å². The van der Waals surface area contributed by atoms with Crippen molar-refractivity contribution in [1.82, 2.24) is 4.98 Å². The van der Waals surface area contributed by atoms with Gasteiger partial charge in [-0.05, 0) is 52.7 Å². The molecule has 0 aliphatic heterocycles. The molecule has 0 saturated heterocycles. The summed E-state index contributed by atoms with van der Waals surface area (Å²) >= 11 is 9.29. The monoisotopic (exact) mass is 324 g/mol. The predicted octanol–water partition coefficient (Wildman–Crippen LogP) is 4.06. The number of amides is 1. The average molecular weight is 326 g/mol. The number of carbonyl (C=O) groups is 1. The fourth-order valence-electron chi connectivity index (χ4n) is 1.47. The number of halogens is 2. The van der Waals surface area contributed by atoms with Crippen LogP contribution >= 0.6 is 27.5 Å². The van der Waals surface area contributed by atoms with Gasteiger partial charge in [0.05, 0.1) is 16.3 Å². The van der Waals surface area contributed by atoms with Gasteiger partial charge in [0.25, 0.3) is 5.91 Å². The van der Waals surface area contributed by atoms with Crippen LogP contribution in [0.3, 0.4) is 0 Å². The van der Waals surface area contributed by atoms with Crippen LogP contribution in [-0.4, -0.2) is 10.9 Å². The molecule has 0 aliphatic rings. The molecule has 2 rings (SSSR count). The van der Waals surface area contributed by atoms with Gasteiger partial charge in [-0.25, -0.2) is 4.98 Å². The third-order valence-electron chi connectivity index (χ3n) is 2.38. The van der Waals surface area contributed by atoms with Gasteiger partial charge in [0.1, 0.15) is 4.60 Å². The highest BCUT2D eigenvalue weighted by Gasteiger charge is 2.11. The number of nitrogens with zero attached hydrogens (tertiary/aromatic N) is 1. The minimum atomic E-state index is -0.249. The largest absolute Gasteiger partial charge is 0.321 e. The number of carbonyl (C=O) groups excluding carboxylic acids is 1. The first kappa shape index (κ1) is 13.1. The first-order valence-electron chi connectivity index (χ1n) is 5.26. The van der Waals surface area contributed by atoms with Gasteiger partial charge in [-0.3, -0.25) is 4.79 Å². The van der Waals surface area contributed by atoms with Gasteiger partial charge in [-0.15, -0.1) is 0 Å². The van der Waals surface area contributed by atoms with Crippen LogP contribution in [-0.2, 0) is 0 Å². The van der Waals surface area contributed by atoms with E-state index < -0.39 is 0 Å². The number of hydrogen-bond acceptors (Lipinski definition) is 2. The Morgan fingerprint density at radius 3 is 2.83 bits per heavy atom. The van der Waals surface area contributed by atoms with Gasteiger partial charge in [-0.1, -0.05) is 17.7 Å². The number of pyridine rings is 1. The van der Waals surface area contributed by atoms with Crippen LogP contribution in [0.4, 0.5) is 5.69 Å². The maximum atomic E-state index is 12.0. The second kappa shape index (κ2) is 5.50. The van der Waals surface area contributed by atoms with Crippen molar-refractivity contribution >= 4 is 39.1 Å². The number of benzene rings is 1. The number of aryl methyl sites for hydroxylation is 1. The zero-order valence-corrected chi connectivity index (χ0v) is 11.9. The van der Waals surface area contributed by atoms with Crippen LogP contribution < -0.4 is 5.32 Å². The summed E-state index contributed by atoms with van der Waals surface area (Å²) in [5, 5.41) is 3.27. The molecule has 92 valence electrons. The second-order valence-corrected chi connectivity index (χ2v) is 4.94. The average Bonchev–Trinajstić information content (AvgIpc) is 2.33. The van der Waals surface area contributed by atoms with Crippen LogP contribution in [0, 0.1) is 6.92 Å². The number of hydrogen-bond donors (Lipinski definition) is 1. The molecule has 0 radical (unpaired) electrons. The summed E-state index contributed by atoms with van der Waals surface area (Å²) in [7, 11) is 0. The summed E-state index contributed by atoms with van der Waals surface area (Å²) in [4.78, 5) is 16.0. The number of nitrogens with one attached hydrogen (secondary N) is 1. The van der Waals surface area contributed by atoms with E-state index in [9.17, 15) is 4.79 Å². The summed E-state index contributed by atoms with van der Waals surface area (Å²) in [6.07, 6.45) is 1.61. The Hall–Kier alpha value is -1.39. The summed E-state index contributed by atoms with van der Waals surface area (Å²) in [6.45, 7) is 1.94. The van der Waals surface area contributed by atoms with E-state index in [1.54, 1.807) is 30.5 Å². The quantitative estimate of drug-likeness (QED) is 0.846. The van der Waals surface area contributed by atoms with E-state index in [-0.39, 0.29) is 5.91 Å². The van der Waals surface area contributed by atoms with Crippen LogP contribution in [0.5, 0.6) is 0 Å². The molecule has 18 heavy (non-hydrogen) atoms. The lowest BCUT2D eigenvalue weighted by Crippen LogP contribution is -2.13. The van der Waals surface area contributed by atoms with E-state index >= 15 is 0 Å². The predicted molar refractivity (Wildman–Crippen MR) is 76.1 cm³/mol. The molecule has 2 aromatic rings. The molecule has 0 fully saturated rings. The Kier molecular flexibility index (Phi) is 3.99. The van der Waals surface area contributed by atoms with Crippen molar-refractivity contribution in [2.24, 2.45) is 0 Å². The molecule has 0 atom stereocenters. The van der Waals surface area contributed by atoms with E-state index in [1.165, 1.54) is 0 Å². The van der Waals surface area contributed by atoms with Gasteiger partial charge in [0.15, 0.2) is 0 Å². The van der Waals surface area contributed by atoms with Crippen LogP contribution in [0.1, 0.15) is 15.9 Å². The molecule has 1 N–H and O–H groups in total. The summed E-state index contributed by atoms with van der Waals surface area (Å²) in [5.41, 5.74) is 2.10. The Morgan fingerprint density at radius 2 is 2.17 bits per heavy atom. The molecule has 1 heterocycles. The normalized spacial score (nSPS) is 10.2. The summed E-state index contributed by atoms with van der Waals surface area (Å²) in [6, 6.07) is 8.86. The Balaban J connectivity index is 2.24. The van der Waals surface area contributed by atoms with E-state index in [4.69, 9.17) is 11.6 Å². The highest BCUT2D eigenvalue weighted by atomic mass is 79.9. The molecular weight excluding hydrogens is 316 g/mol. The second-order valence-electron chi connectivity index (χ2n) is 3.78. The molecule has 0 bridgehead atoms. The SMILES string of the molecule is Cc1ccc(NC(=O)c2cccnc2Br)c(Cl)c1. The smallest absolute Gasteiger partial charge is 0.258 e. The molecule has 1 aromatic carbocycles. The maximum Gasteiger partial charge on any atom is 0.258 e. The lowest BCUT2D eigenvalue weighted by Gasteiger charge is -2.08. The Bertz CT molecular complexity index is 601. The van der Waals surface area contributed by atoms with Gasteiger partial charge in [0, 0.05) is 6.20 Å². The Morgan fingerprint density at radius 1 is 1.39 bits per heavy atom. The van der Waals surface area contributed by atoms with Crippen molar-refractivity contribution in [2.75, 3.05) is 5.32 Å². The van der Waals surface area contributed by atoms with Crippen molar-refractivity contribution in [2.45, 2.75) is 6.92 Å². The lowest BCUT2D eigenvalue weighted by atomic mass is 10.2. The molecule has 0 spiro atoms. The fourth-order valence-corrected chi connectivity index (χ4v) is 2.18.